The first-order valence-corrected chi connectivity index (χ1v) is 2.63. The molecule has 0 saturated carbocycles. The van der Waals surface area contributed by atoms with Gasteiger partial charge in [0.2, 0.25) is 4.38 Å². The van der Waals surface area contributed by atoms with Crippen molar-refractivity contribution >= 4 is 29.2 Å². The fourth-order valence-electron chi connectivity index (χ4n) is 0.159. The van der Waals surface area contributed by atoms with Crippen LogP contribution in [-0.2, 0) is 4.74 Å². The lowest BCUT2D eigenvalue weighted by atomic mass is 10.7. The number of ether oxygens (including phenoxy) is 1. The molecule has 42 valence electrons. The molecule has 0 aromatic carbocycles. The maximum atomic E-state index is 5.13. The first-order chi connectivity index (χ1) is 3.13. The quantitative estimate of drug-likeness (QED) is 0.314. The molecule has 0 bridgehead atoms. The monoisotopic (exact) mass is 137 g/mol. The predicted octanol–water partition coefficient (Wildman–Crippen LogP) is 0.522. The SMILES string of the molecule is CC(N)OC(=S)S. The van der Waals surface area contributed by atoms with E-state index in [0.29, 0.717) is 0 Å². The van der Waals surface area contributed by atoms with Crippen molar-refractivity contribution in [3.05, 3.63) is 0 Å². The van der Waals surface area contributed by atoms with Gasteiger partial charge in [-0.1, -0.05) is 12.6 Å². The van der Waals surface area contributed by atoms with Gasteiger partial charge < -0.3 is 4.74 Å². The van der Waals surface area contributed by atoms with Gasteiger partial charge in [-0.15, -0.1) is 0 Å². The molecule has 0 aliphatic heterocycles. The lowest BCUT2D eigenvalue weighted by Gasteiger charge is -2.03. The van der Waals surface area contributed by atoms with Crippen LogP contribution in [0.5, 0.6) is 0 Å². The van der Waals surface area contributed by atoms with Crippen LogP contribution in [-0.4, -0.2) is 10.6 Å². The Morgan fingerprint density at radius 3 is 2.43 bits per heavy atom. The zero-order valence-electron chi connectivity index (χ0n) is 3.92. The Bertz CT molecular complexity index is 73.3. The molecule has 0 amide bonds. The zero-order valence-corrected chi connectivity index (χ0v) is 5.63. The summed E-state index contributed by atoms with van der Waals surface area (Å²) in [5.41, 5.74) is 5.13. The number of thiol groups is 1. The Kier molecular flexibility index (Phi) is 3.33. The van der Waals surface area contributed by atoms with Crippen LogP contribution in [0.25, 0.3) is 0 Å². The molecule has 7 heavy (non-hydrogen) atoms. The van der Waals surface area contributed by atoms with Crippen LogP contribution < -0.4 is 5.73 Å². The highest BCUT2D eigenvalue weighted by atomic mass is 32.1. The normalized spacial score (nSPS) is 13.0. The molecule has 0 rings (SSSR count). The van der Waals surface area contributed by atoms with Crippen molar-refractivity contribution in [2.24, 2.45) is 5.73 Å². The molecule has 0 radical (unpaired) electrons. The van der Waals surface area contributed by atoms with E-state index in [1.54, 1.807) is 6.92 Å². The van der Waals surface area contributed by atoms with E-state index in [2.05, 4.69) is 29.6 Å². The number of hydrogen-bond donors (Lipinski definition) is 2. The highest BCUT2D eigenvalue weighted by Gasteiger charge is 1.91. The van der Waals surface area contributed by atoms with Crippen molar-refractivity contribution in [1.82, 2.24) is 0 Å². The van der Waals surface area contributed by atoms with Crippen LogP contribution >= 0.6 is 24.8 Å². The van der Waals surface area contributed by atoms with Crippen LogP contribution in [0.3, 0.4) is 0 Å². The Morgan fingerprint density at radius 1 is 2.00 bits per heavy atom. The molecule has 4 heteroatoms. The summed E-state index contributed by atoms with van der Waals surface area (Å²) in [6.07, 6.45) is -0.343. The highest BCUT2D eigenvalue weighted by molar-refractivity contribution is 8.10. The second-order valence-electron chi connectivity index (χ2n) is 1.09. The van der Waals surface area contributed by atoms with Gasteiger partial charge in [0.15, 0.2) is 0 Å². The number of thiocarbonyl (C=S) groups is 1. The summed E-state index contributed by atoms with van der Waals surface area (Å²) < 4.78 is 4.81. The standard InChI is InChI=1S/C3H7NOS2/c1-2(4)5-3(6)7/h2H,4H2,1H3,(H,6,7). The lowest BCUT2D eigenvalue weighted by molar-refractivity contribution is 0.230. The van der Waals surface area contributed by atoms with Crippen LogP contribution in [0.4, 0.5) is 0 Å². The van der Waals surface area contributed by atoms with E-state index in [1.807, 2.05) is 0 Å². The summed E-state index contributed by atoms with van der Waals surface area (Å²) in [6.45, 7) is 1.68. The molecular formula is C3H7NOS2. The van der Waals surface area contributed by atoms with E-state index >= 15 is 0 Å². The molecule has 0 aliphatic carbocycles. The van der Waals surface area contributed by atoms with E-state index < -0.39 is 0 Å². The van der Waals surface area contributed by atoms with Crippen molar-refractivity contribution in [1.29, 1.82) is 0 Å². The predicted molar refractivity (Wildman–Crippen MR) is 36.3 cm³/mol. The molecule has 2 N–H and O–H groups in total. The smallest absolute Gasteiger partial charge is 0.218 e. The maximum Gasteiger partial charge on any atom is 0.218 e. The molecule has 0 aromatic heterocycles. The second kappa shape index (κ2) is 3.23. The Balaban J connectivity index is 3.13. The third kappa shape index (κ3) is 6.20. The zero-order chi connectivity index (χ0) is 5.86. The summed E-state index contributed by atoms with van der Waals surface area (Å²) in [4.78, 5) is 0. The van der Waals surface area contributed by atoms with Gasteiger partial charge in [-0.25, -0.2) is 0 Å². The van der Waals surface area contributed by atoms with Crippen molar-refractivity contribution < 1.29 is 4.74 Å². The minimum atomic E-state index is -0.343. The number of nitrogens with two attached hydrogens (primary N) is 1. The van der Waals surface area contributed by atoms with E-state index in [0.717, 1.165) is 0 Å². The van der Waals surface area contributed by atoms with Crippen molar-refractivity contribution in [2.75, 3.05) is 0 Å². The van der Waals surface area contributed by atoms with Crippen LogP contribution in [0.15, 0.2) is 0 Å². The molecule has 0 spiro atoms. The number of hydrogen-bond acceptors (Lipinski definition) is 3. The van der Waals surface area contributed by atoms with Crippen LogP contribution in [0.2, 0.25) is 0 Å². The van der Waals surface area contributed by atoms with Gasteiger partial charge in [-0.2, -0.15) is 0 Å². The molecule has 1 unspecified atom stereocenters. The van der Waals surface area contributed by atoms with E-state index in [4.69, 9.17) is 5.73 Å². The topological polar surface area (TPSA) is 35.2 Å². The van der Waals surface area contributed by atoms with Crippen LogP contribution in [0.1, 0.15) is 6.92 Å². The van der Waals surface area contributed by atoms with E-state index in [-0.39, 0.29) is 10.6 Å². The Hall–Kier alpha value is 0.200. The molecule has 1 atom stereocenters. The first kappa shape index (κ1) is 7.20. The highest BCUT2D eigenvalue weighted by Crippen LogP contribution is 1.88. The minimum Gasteiger partial charge on any atom is -0.460 e. The molecule has 0 saturated heterocycles. The van der Waals surface area contributed by atoms with Crippen molar-refractivity contribution in [3.8, 4) is 0 Å². The summed E-state index contributed by atoms with van der Waals surface area (Å²) in [5, 5.41) is 0. The molecule has 0 heterocycles. The lowest BCUT2D eigenvalue weighted by Crippen LogP contribution is -2.19. The summed E-state index contributed by atoms with van der Waals surface area (Å²) in [6, 6.07) is 0. The van der Waals surface area contributed by atoms with Gasteiger partial charge in [-0.05, 0) is 19.1 Å². The average Bonchev–Trinajstić information content (AvgIpc) is 1.27. The van der Waals surface area contributed by atoms with Crippen LogP contribution in [0, 0.1) is 0 Å². The van der Waals surface area contributed by atoms with Gasteiger partial charge in [0.25, 0.3) is 0 Å². The molecule has 2 nitrogen and oxygen atoms in total. The average molecular weight is 137 g/mol. The number of rotatable bonds is 1. The van der Waals surface area contributed by atoms with Gasteiger partial charge in [0.1, 0.15) is 6.23 Å². The molecular weight excluding hydrogens is 130 g/mol. The Labute approximate surface area is 53.4 Å². The van der Waals surface area contributed by atoms with Gasteiger partial charge in [0, 0.05) is 0 Å². The van der Waals surface area contributed by atoms with Crippen molar-refractivity contribution in [2.45, 2.75) is 13.2 Å². The maximum absolute atomic E-state index is 5.13. The minimum absolute atomic E-state index is 0.190. The molecule has 0 aliphatic rings. The summed E-state index contributed by atoms with van der Waals surface area (Å²) in [5.74, 6) is 0. The fraction of sp³-hybridized carbons (Fsp3) is 0.667. The largest absolute Gasteiger partial charge is 0.460 e. The molecule has 0 aromatic rings. The summed E-state index contributed by atoms with van der Waals surface area (Å²) >= 11 is 8.10. The van der Waals surface area contributed by atoms with E-state index in [1.165, 1.54) is 0 Å². The summed E-state index contributed by atoms with van der Waals surface area (Å²) in [7, 11) is 0. The first-order valence-electron chi connectivity index (χ1n) is 1.78. The van der Waals surface area contributed by atoms with Crippen molar-refractivity contribution in [3.63, 3.8) is 0 Å². The fourth-order valence-corrected chi connectivity index (χ4v) is 0.477. The second-order valence-corrected chi connectivity index (χ2v) is 2.17. The Morgan fingerprint density at radius 2 is 2.43 bits per heavy atom. The third-order valence-electron chi connectivity index (χ3n) is 0.287. The molecule has 0 fully saturated rings. The van der Waals surface area contributed by atoms with Gasteiger partial charge in [-0.3, -0.25) is 5.73 Å². The third-order valence-corrected chi connectivity index (χ3v) is 0.488. The van der Waals surface area contributed by atoms with E-state index in [9.17, 15) is 0 Å². The van der Waals surface area contributed by atoms with Gasteiger partial charge >= 0.3 is 0 Å². The van der Waals surface area contributed by atoms with Gasteiger partial charge in [0.05, 0.1) is 0 Å².